The minimum absolute atomic E-state index is 0. The van der Waals surface area contributed by atoms with Crippen molar-refractivity contribution in [3.63, 3.8) is 0 Å². The number of thiol groups is 1. The molecule has 16 heteroatoms. The Morgan fingerprint density at radius 2 is 1.00 bits per heavy atom. The van der Waals surface area contributed by atoms with E-state index in [1.807, 2.05) is 74.5 Å². The first-order chi connectivity index (χ1) is 39.7. The topological polar surface area (TPSA) is 186 Å². The van der Waals surface area contributed by atoms with Crippen molar-refractivity contribution in [1.82, 2.24) is 20.1 Å². The molecule has 3 N–H and O–H groups in total. The summed E-state index contributed by atoms with van der Waals surface area (Å²) in [7, 11) is 5.84. The molecule has 2 fully saturated rings. The number of hydrazine groups is 1. The largest absolute Gasteiger partial charge is 0 e. The Balaban J connectivity index is -0.0000000711. The molecule has 451 valence electrons. The number of carbonyl (C=O) groups excluding carboxylic acids is 6. The molecule has 4 atom stereocenters. The second kappa shape index (κ2) is 39.0. The minimum atomic E-state index is -0.959. The number of carboxylic acids is 1. The number of likely N-dealkylation sites (tertiary alicyclic amines) is 2. The first kappa shape index (κ1) is 65.8. The van der Waals surface area contributed by atoms with E-state index in [1.165, 1.54) is 16.8 Å². The van der Waals surface area contributed by atoms with Crippen molar-refractivity contribution in [2.75, 3.05) is 25.6 Å². The molecule has 0 unspecified atom stereocenters. The van der Waals surface area contributed by atoms with Crippen LogP contribution in [0.25, 0.3) is 0 Å². The standard InChI is InChI=1S/C48H32N4O4.C18H23NO4.BHNS.22H2/c1-4-5-6-7-8-9-10-11-12-13-14-15-16-17-18-19-20-21-22-26-37-51(3)48(56)42-31-33-43(34-32-42)49-50-47(55)44-30-27-38-52(44)46(54)36-35-45(53)40(2)39-41-28-24-23-25-29-41;1-13(12-14-6-3-2-4-7-14)16(20)9-10-17(21)19-11-5-8-15(19)18(22)23;1-2-3;;;;;;;;;;;;;;;;;;;;;;/h1,23-25,28-29,31-34,40,44,49H,27,30,35-36,38-39H2,2-3H3,(H,50,55);2-4,6-7,13,15H,5,8-12H2,1H3,(H,22,23);3H;22*1H/t40-,44-;13-,15-;;;;;;;;;;;;;;;;;;;;;;;/m00......................./s1. The number of hydrogen-bond donors (Lipinski definition) is 4. The summed E-state index contributed by atoms with van der Waals surface area (Å²) in [5.74, 6) is 46.9. The predicted octanol–water partition coefficient (Wildman–Crippen LogP) is 10.9. The number of benzene rings is 3. The van der Waals surface area contributed by atoms with Gasteiger partial charge in [0.25, 0.3) is 11.8 Å². The van der Waals surface area contributed by atoms with Crippen molar-refractivity contribution in [3.8, 4) is 131 Å². The van der Waals surface area contributed by atoms with Gasteiger partial charge in [0.2, 0.25) is 11.8 Å². The molecule has 3 aromatic rings. The van der Waals surface area contributed by atoms with Gasteiger partial charge in [0.15, 0.2) is 0 Å². The van der Waals surface area contributed by atoms with Gasteiger partial charge in [-0.15, -0.1) is 6.42 Å². The molecule has 1 radical (unpaired) electrons. The fourth-order valence-corrected chi connectivity index (χ4v) is 7.90. The number of carbonyl (C=O) groups is 7. The number of hydrogen-bond acceptors (Lipinski definition) is 10. The quantitative estimate of drug-likeness (QED) is 0.0336. The van der Waals surface area contributed by atoms with Gasteiger partial charge in [0.1, 0.15) is 23.7 Å². The number of carboxylic acid groups (broad SMARTS) is 1. The summed E-state index contributed by atoms with van der Waals surface area (Å²) in [4.78, 5) is 91.1. The molecular formula is C66H100BN6O8S. The molecular weight excluding hydrogens is 1050 g/mol. The van der Waals surface area contributed by atoms with E-state index < -0.39 is 18.1 Å². The van der Waals surface area contributed by atoms with E-state index in [-0.39, 0.29) is 104 Å². The van der Waals surface area contributed by atoms with Crippen molar-refractivity contribution in [3.05, 3.63) is 102 Å². The molecule has 2 heterocycles. The Morgan fingerprint density at radius 3 is 1.40 bits per heavy atom. The third kappa shape index (κ3) is 25.8. The number of nitrogens with one attached hydrogen (secondary N) is 2. The summed E-state index contributed by atoms with van der Waals surface area (Å²) < 4.78 is 2.69. The van der Waals surface area contributed by atoms with Crippen LogP contribution in [-0.4, -0.2) is 101 Å². The van der Waals surface area contributed by atoms with E-state index in [0.29, 0.717) is 62.9 Å². The SMILES string of the molecule is C#CC#CC#CC#CC#CC#CC#CC#CC#CC#CC#CN(C)C(=O)c1ccc(NNC(=O)[C@@H]2CCCN2C(=O)CCC(=O)[C@@H](C)Cc2ccccc2)cc1.C[C@@H](Cc1ccccc1)C(=O)CCC(=O)N1CCC[C@H]1C(=O)O.[B]=NS.[HH].[HH].[HH].[HH].[HH].[HH].[HH].[HH].[HH].[HH].[HH].[HH].[HH].[HH].[HH].[HH].[HH].[HH].[HH].[HH].[HH].[HH]. The first-order valence-electron chi connectivity index (χ1n) is 25.6. The Bertz CT molecular complexity index is 3590. The summed E-state index contributed by atoms with van der Waals surface area (Å²) in [5, 5.41) is 9.10. The van der Waals surface area contributed by atoms with Crippen molar-refractivity contribution in [2.45, 2.75) is 90.1 Å². The van der Waals surface area contributed by atoms with Crippen molar-refractivity contribution < 1.29 is 70.1 Å². The predicted molar refractivity (Wildman–Crippen MR) is 365 cm³/mol. The molecule has 2 saturated heterocycles. The molecule has 4 amide bonds. The number of anilines is 1. The van der Waals surface area contributed by atoms with Crippen LogP contribution in [0.2, 0.25) is 0 Å². The van der Waals surface area contributed by atoms with Gasteiger partial charge in [-0.2, -0.15) is 0 Å². The number of amides is 4. The van der Waals surface area contributed by atoms with Crippen LogP contribution >= 0.6 is 12.8 Å². The number of rotatable bonds is 17. The average molecular weight is 1150 g/mol. The van der Waals surface area contributed by atoms with Crippen LogP contribution in [0.5, 0.6) is 0 Å². The minimum Gasteiger partial charge on any atom is 0 e. The maximum atomic E-state index is 13.0. The van der Waals surface area contributed by atoms with Crippen LogP contribution in [0.1, 0.15) is 118 Å². The van der Waals surface area contributed by atoms with Crippen molar-refractivity contribution in [2.24, 2.45) is 16.1 Å². The van der Waals surface area contributed by atoms with E-state index in [4.69, 9.17) is 11.5 Å². The molecule has 0 aliphatic carbocycles. The number of ketones is 2. The zero-order chi connectivity index (χ0) is 59.7. The molecule has 0 bridgehead atoms. The monoisotopic (exact) mass is 1150 g/mol. The molecule has 2 aliphatic rings. The second-order valence-corrected chi connectivity index (χ2v) is 18.0. The van der Waals surface area contributed by atoms with Gasteiger partial charge < -0.3 is 14.9 Å². The molecule has 0 spiro atoms. The molecule has 14 nitrogen and oxygen atoms in total. The summed E-state index contributed by atoms with van der Waals surface area (Å²) in [6, 6.07) is 27.2. The molecule has 82 heavy (non-hydrogen) atoms. The van der Waals surface area contributed by atoms with Crippen molar-refractivity contribution >= 4 is 67.3 Å². The molecule has 3 aromatic carbocycles. The van der Waals surface area contributed by atoms with Gasteiger partial charge >= 0.3 is 30.7 Å². The number of nitrogens with zero attached hydrogens (tertiary/aromatic N) is 4. The van der Waals surface area contributed by atoms with Crippen LogP contribution in [-0.2, 0) is 41.6 Å². The molecule has 0 aromatic heterocycles. The van der Waals surface area contributed by atoms with E-state index >= 15 is 0 Å². The third-order valence-electron chi connectivity index (χ3n) is 12.0. The van der Waals surface area contributed by atoms with E-state index in [2.05, 4.69) is 160 Å². The van der Waals surface area contributed by atoms with Gasteiger partial charge in [-0.3, -0.25) is 44.5 Å². The van der Waals surface area contributed by atoms with Gasteiger partial charge in [-0.1, -0.05) is 74.5 Å². The van der Waals surface area contributed by atoms with E-state index in [9.17, 15) is 33.6 Å². The Labute approximate surface area is 520 Å². The van der Waals surface area contributed by atoms with Gasteiger partial charge in [-0.25, -0.2) is 4.79 Å². The van der Waals surface area contributed by atoms with Gasteiger partial charge in [0.05, 0.1) is 5.69 Å². The normalized spacial score (nSPS) is 13.1. The fourth-order valence-electron chi connectivity index (χ4n) is 7.90. The van der Waals surface area contributed by atoms with Crippen LogP contribution in [0.3, 0.4) is 0 Å². The number of terminal acetylenes is 1. The Hall–Kier alpha value is -10.5. The average Bonchev–Trinajstić information content (AvgIpc) is 1.65. The Morgan fingerprint density at radius 1 is 0.622 bits per heavy atom. The van der Waals surface area contributed by atoms with E-state index in [0.717, 1.165) is 11.1 Å². The third-order valence-corrected chi connectivity index (χ3v) is 12.0. The fraction of sp³-hybridized carbons (Fsp3) is 0.288. The number of Topliss-reactive ketones (excluding diaryl/α,β-unsaturated/α-hetero) is 2. The maximum absolute atomic E-state index is 13.0. The van der Waals surface area contributed by atoms with Crippen LogP contribution in [0.15, 0.2) is 89.2 Å². The van der Waals surface area contributed by atoms with Crippen LogP contribution in [0, 0.1) is 143 Å². The molecule has 5 rings (SSSR count). The zero-order valence-electron chi connectivity index (χ0n) is 45.6. The summed E-state index contributed by atoms with van der Waals surface area (Å²) in [5.41, 5.74) is 8.57. The van der Waals surface area contributed by atoms with Crippen LogP contribution < -0.4 is 10.9 Å². The Kier molecular flexibility index (Phi) is 31.3. The zero-order valence-corrected chi connectivity index (χ0v) is 46.5. The maximum Gasteiger partial charge on any atom is 0 e. The second-order valence-electron chi connectivity index (χ2n) is 17.7. The summed E-state index contributed by atoms with van der Waals surface area (Å²) in [6.45, 7) is 4.68. The summed E-state index contributed by atoms with van der Waals surface area (Å²) in [6.07, 6.45) is 9.13. The summed E-state index contributed by atoms with van der Waals surface area (Å²) >= 11 is 3.19. The van der Waals surface area contributed by atoms with Crippen LogP contribution in [0.4, 0.5) is 5.69 Å². The van der Waals surface area contributed by atoms with Gasteiger partial charge in [-0.05, 0) is 121 Å². The molecule has 2 aliphatic heterocycles. The molecule has 0 saturated carbocycles. The van der Waals surface area contributed by atoms with Gasteiger partial charge in [0, 0.05) is 172 Å². The van der Waals surface area contributed by atoms with E-state index in [1.54, 1.807) is 29.2 Å². The first-order valence-corrected chi connectivity index (χ1v) is 26.0. The van der Waals surface area contributed by atoms with Crippen molar-refractivity contribution in [1.29, 1.82) is 0 Å². The smallest absolute Gasteiger partial charge is 0 e. The number of aliphatic carboxylic acids is 1.